The number of H-pyrrole nitrogens is 1. The van der Waals surface area contributed by atoms with Gasteiger partial charge < -0.3 is 78.7 Å². The number of aromatic nitrogens is 1. The molecule has 0 bridgehead atoms. The molecule has 0 spiro atoms. The van der Waals surface area contributed by atoms with Crippen LogP contribution in [0, 0.1) is 5.92 Å². The molecule has 2 aliphatic heterocycles. The number of hydrogen-bond donors (Lipinski definition) is 5. The Morgan fingerprint density at radius 1 is 0.379 bits per heavy atom. The molecule has 1 aromatic heterocycles. The number of fused-ring (bicyclic) bond motifs is 1. The molecular weight excluding hydrogens is 1880 g/mol. The van der Waals surface area contributed by atoms with Gasteiger partial charge in [0.25, 0.3) is 0 Å². The van der Waals surface area contributed by atoms with Gasteiger partial charge >= 0.3 is 74.2 Å². The number of ether oxygens (including phenoxy) is 9. The summed E-state index contributed by atoms with van der Waals surface area (Å²) in [5.74, 6) is -5.92. The quantitative estimate of drug-likeness (QED) is 0.0166. The first-order chi connectivity index (χ1) is 66.2. The number of carbonyl (C=O) groups excluding carboxylic acids is 6. The van der Waals surface area contributed by atoms with Gasteiger partial charge in [-0.05, 0) is 165 Å². The Labute approximate surface area is 787 Å². The molecule has 2 aliphatic rings. The number of methoxy groups -OCH3 is 2. The molecule has 0 radical (unpaired) electrons. The highest BCUT2D eigenvalue weighted by atomic mass is 19.4. The highest BCUT2D eigenvalue weighted by Crippen LogP contribution is 2.45. The number of amides is 6. The predicted octanol–water partition coefficient (Wildman–Crippen LogP) is 22.0. The third kappa shape index (κ3) is 28.7. The summed E-state index contributed by atoms with van der Waals surface area (Å²) in [6, 6.07) is 64.7. The number of para-hydroxylation sites is 1. The number of nitrogens with zero attached hydrogens (tertiary/aromatic N) is 2. The highest BCUT2D eigenvalue weighted by molar-refractivity contribution is 5.89. The van der Waals surface area contributed by atoms with Crippen LogP contribution in [-0.2, 0) is 77.5 Å². The van der Waals surface area contributed by atoms with Gasteiger partial charge in [0, 0.05) is 55.9 Å². The first-order valence-corrected chi connectivity index (χ1v) is 42.7. The largest absolute Gasteiger partial charge is 0.573 e. The van der Waals surface area contributed by atoms with Crippen molar-refractivity contribution in [2.75, 3.05) is 27.3 Å². The number of carbonyl (C=O) groups is 6. The maximum Gasteiger partial charge on any atom is 0.573 e. The molecule has 738 valence electrons. The number of halogens is 18. The van der Waals surface area contributed by atoms with Crippen molar-refractivity contribution in [2.45, 2.75) is 131 Å². The summed E-state index contributed by atoms with van der Waals surface area (Å²) < 4.78 is 279. The number of hydrogen-bond acceptors (Lipinski definition) is 15. The fourth-order valence-corrected chi connectivity index (χ4v) is 16.6. The number of aromatic amines is 1. The normalized spacial score (nSPS) is 14.9. The number of likely N-dealkylation sites (tertiary alicyclic amines) is 2. The highest BCUT2D eigenvalue weighted by Gasteiger charge is 2.49. The van der Waals surface area contributed by atoms with Crippen LogP contribution in [-0.4, -0.2) is 134 Å². The van der Waals surface area contributed by atoms with Crippen LogP contribution in [0.15, 0.2) is 297 Å². The molecular formula is C100H87F18N7O15. The van der Waals surface area contributed by atoms with Crippen molar-refractivity contribution in [2.24, 2.45) is 5.92 Å². The van der Waals surface area contributed by atoms with Gasteiger partial charge in [-0.2, -0.15) is 0 Å². The van der Waals surface area contributed by atoms with Gasteiger partial charge in [0.2, 0.25) is 0 Å². The minimum atomic E-state index is -5.07. The van der Waals surface area contributed by atoms with Crippen molar-refractivity contribution >= 4 is 46.9 Å². The van der Waals surface area contributed by atoms with Gasteiger partial charge in [0.15, 0.2) is 0 Å². The molecule has 5 N–H and O–H groups in total. The topological polar surface area (TPSA) is 256 Å². The van der Waals surface area contributed by atoms with Gasteiger partial charge in [-0.15, -0.1) is 79.0 Å². The maximum atomic E-state index is 14.2. The van der Waals surface area contributed by atoms with Crippen LogP contribution in [0.2, 0.25) is 0 Å². The van der Waals surface area contributed by atoms with Crippen LogP contribution in [0.1, 0.15) is 87.4 Å². The molecule has 6 amide bonds. The molecule has 1 unspecified atom stereocenters. The number of alkyl halides is 18. The third-order valence-electron chi connectivity index (χ3n) is 22.4. The Kier molecular flexibility index (Phi) is 32.9. The van der Waals surface area contributed by atoms with E-state index in [1.54, 1.807) is 128 Å². The van der Waals surface area contributed by atoms with Crippen LogP contribution in [0.25, 0.3) is 10.9 Å². The average molecular weight is 1970 g/mol. The standard InChI is InChI=1S/C35H29F6N3O5.C35H30F6N2O5.C30H28F6N2O5/c1-47-31(45)30(17-23-21-42-29-16-6-5-15-28(23)29)43-32(46)44-33(20-22-9-3-2-4-10-22,24-11-7-13-26(18-24)48-34(36,37)38)25-12-8-14-27(19-25)49-35(39,40)41;36-34(37,38)47-28-16-7-14-26(20-28)33(22-24-10-3-1-4-11-24,27-15-8-17-29(21-27)48-35(39,40)41)42-32(45)43-19-9-18-30(43)31(44)46-23-25-12-5-2-6-13-25;1-19-14-25(26(39)41-2)38(18-19)27(40)37-28(17-20-8-4-3-5-9-20,21-10-6-12-23(15-21)42-29(31,32)33)22-11-7-13-24(16-22)43-30(34,35)36/h2-16,18-19,21,30,42H,17,20H2,1H3,(H2,43,44,46);1-8,10-17,20-21,30H,9,18-19,22-23H2,(H,42,45);3-13,15-16,19,25H,14,17-18H2,1-2H3,(H,37,40)/t30-;;19-,25+/m1.1/s1. The van der Waals surface area contributed by atoms with Gasteiger partial charge in [0.05, 0.1) is 30.8 Å². The lowest BCUT2D eigenvalue weighted by Gasteiger charge is -2.39. The summed E-state index contributed by atoms with van der Waals surface area (Å²) in [6.45, 7) is 2.10. The second-order valence-electron chi connectivity index (χ2n) is 32.2. The number of rotatable bonds is 29. The van der Waals surface area contributed by atoms with Crippen LogP contribution >= 0.6 is 0 Å². The first-order valence-electron chi connectivity index (χ1n) is 42.7. The summed E-state index contributed by atoms with van der Waals surface area (Å²) in [5, 5.41) is 11.9. The number of esters is 3. The van der Waals surface area contributed by atoms with Gasteiger partial charge in [-0.3, -0.25) is 0 Å². The molecule has 2 fully saturated rings. The molecule has 14 rings (SSSR count). The van der Waals surface area contributed by atoms with E-state index in [4.69, 9.17) is 14.2 Å². The molecule has 4 atom stereocenters. The molecule has 11 aromatic carbocycles. The lowest BCUT2D eigenvalue weighted by atomic mass is 9.77. The number of nitrogens with one attached hydrogen (secondary N) is 5. The van der Waals surface area contributed by atoms with Crippen molar-refractivity contribution in [1.29, 1.82) is 0 Å². The molecule has 3 heterocycles. The lowest BCUT2D eigenvalue weighted by Crippen LogP contribution is -2.55. The molecule has 22 nitrogen and oxygen atoms in total. The average Bonchev–Trinajstić information content (AvgIpc) is 1.04. The minimum Gasteiger partial charge on any atom is -0.467 e. The summed E-state index contributed by atoms with van der Waals surface area (Å²) in [6.07, 6.45) is -28.0. The summed E-state index contributed by atoms with van der Waals surface area (Å²) in [7, 11) is 2.32. The summed E-state index contributed by atoms with van der Waals surface area (Å²) in [4.78, 5) is 86.4. The zero-order valence-electron chi connectivity index (χ0n) is 74.0. The Bertz CT molecular complexity index is 6040. The van der Waals surface area contributed by atoms with Gasteiger partial charge in [0.1, 0.15) is 59.2 Å². The van der Waals surface area contributed by atoms with Gasteiger partial charge in [-0.1, -0.05) is 219 Å². The Morgan fingerprint density at radius 3 is 1.05 bits per heavy atom. The van der Waals surface area contributed by atoms with E-state index in [2.05, 4.69) is 54.7 Å². The van der Waals surface area contributed by atoms with Crippen LogP contribution < -0.4 is 49.7 Å². The second kappa shape index (κ2) is 44.5. The first kappa shape index (κ1) is 104. The molecule has 40 heteroatoms. The fraction of sp³-hybridized carbons (Fsp3) is 0.260. The van der Waals surface area contributed by atoms with Crippen LogP contribution in [0.3, 0.4) is 0 Å². The smallest absolute Gasteiger partial charge is 0.467 e. The van der Waals surface area contributed by atoms with E-state index in [0.717, 1.165) is 96.4 Å². The van der Waals surface area contributed by atoms with Crippen molar-refractivity contribution in [3.05, 3.63) is 359 Å². The van der Waals surface area contributed by atoms with Crippen LogP contribution in [0.4, 0.5) is 93.4 Å². The number of urea groups is 3. The second-order valence-corrected chi connectivity index (χ2v) is 32.2. The zero-order valence-corrected chi connectivity index (χ0v) is 74.0. The molecule has 140 heavy (non-hydrogen) atoms. The van der Waals surface area contributed by atoms with Crippen LogP contribution in [0.5, 0.6) is 34.5 Å². The summed E-state index contributed by atoms with van der Waals surface area (Å²) >= 11 is 0. The van der Waals surface area contributed by atoms with Gasteiger partial charge in [-0.25, -0.2) is 28.8 Å². The summed E-state index contributed by atoms with van der Waals surface area (Å²) in [5.41, 5.74) is -1.21. The van der Waals surface area contributed by atoms with E-state index in [9.17, 15) is 108 Å². The Balaban J connectivity index is 0.000000188. The zero-order chi connectivity index (χ0) is 101. The van der Waals surface area contributed by atoms with E-state index in [1.165, 1.54) is 89.7 Å². The molecule has 0 saturated carbocycles. The van der Waals surface area contributed by atoms with E-state index in [-0.39, 0.29) is 91.1 Å². The lowest BCUT2D eigenvalue weighted by molar-refractivity contribution is -0.275. The maximum absolute atomic E-state index is 14.2. The molecule has 12 aromatic rings. The predicted molar refractivity (Wildman–Crippen MR) is 470 cm³/mol. The van der Waals surface area contributed by atoms with E-state index in [1.807, 2.05) is 31.2 Å². The number of benzene rings is 11. The molecule has 0 aliphatic carbocycles. The van der Waals surface area contributed by atoms with Crippen molar-refractivity contribution < 1.29 is 150 Å². The van der Waals surface area contributed by atoms with E-state index in [0.29, 0.717) is 35.1 Å². The van der Waals surface area contributed by atoms with E-state index < -0.39 is 143 Å². The third-order valence-corrected chi connectivity index (χ3v) is 22.4. The SMILES string of the molecule is COC(=O)[C@@H](Cc1c[nH]c2ccccc12)NC(=O)NC(Cc1ccccc1)(c1cccc(OC(F)(F)F)c1)c1cccc(OC(F)(F)F)c1.COC(=O)[C@@H]1C[C@@H](C)CN1C(=O)NC(Cc1ccccc1)(c1cccc(OC(F)(F)F)c1)c1cccc(OC(F)(F)F)c1.O=C(OCc1ccccc1)C1CCCN1C(=O)NC(Cc1ccccc1)(c1cccc(OC(F)(F)F)c1)c1cccc(OC(F)(F)F)c1. The fourth-order valence-electron chi connectivity index (χ4n) is 16.6. The molecule has 2 saturated heterocycles. The minimum absolute atomic E-state index is 0.0143. The van der Waals surface area contributed by atoms with E-state index >= 15 is 0 Å². The Hall–Kier alpha value is -15.3. The Morgan fingerprint density at radius 2 is 0.707 bits per heavy atom. The van der Waals surface area contributed by atoms with Crippen molar-refractivity contribution in [3.63, 3.8) is 0 Å². The monoisotopic (exact) mass is 1970 g/mol. The van der Waals surface area contributed by atoms with Crippen molar-refractivity contribution in [1.82, 2.24) is 36.1 Å². The van der Waals surface area contributed by atoms with Crippen molar-refractivity contribution in [3.8, 4) is 34.5 Å².